The van der Waals surface area contributed by atoms with E-state index in [0.717, 1.165) is 43.8 Å². The number of benzene rings is 1. The number of likely N-dealkylation sites (N-methyl/N-ethyl adjacent to an activating group) is 1. The van der Waals surface area contributed by atoms with Crippen LogP contribution in [0.25, 0.3) is 0 Å². The smallest absolute Gasteiger partial charge is 0.407 e. The summed E-state index contributed by atoms with van der Waals surface area (Å²) in [6.07, 6.45) is 2.40. The van der Waals surface area contributed by atoms with Crippen molar-refractivity contribution < 1.29 is 14.7 Å². The number of fused-ring (bicyclic) bond motifs is 1. The van der Waals surface area contributed by atoms with Crippen molar-refractivity contribution in [2.24, 2.45) is 11.8 Å². The number of nitrogens with zero attached hydrogens (tertiary/aromatic N) is 2. The summed E-state index contributed by atoms with van der Waals surface area (Å²) in [4.78, 5) is 27.7. The lowest BCUT2D eigenvalue weighted by Gasteiger charge is -2.28. The minimum Gasteiger partial charge on any atom is -0.465 e. The topological polar surface area (TPSA) is 72.9 Å². The molecule has 1 saturated carbocycles. The van der Waals surface area contributed by atoms with Crippen LogP contribution < -0.4 is 5.32 Å². The number of hydrogen-bond acceptors (Lipinski definition) is 3. The first kappa shape index (κ1) is 19.7. The van der Waals surface area contributed by atoms with Crippen LogP contribution in [0, 0.1) is 11.8 Å². The molecule has 6 nitrogen and oxygen atoms in total. The predicted molar refractivity (Wildman–Crippen MR) is 104 cm³/mol. The Kier molecular flexibility index (Phi) is 6.37. The van der Waals surface area contributed by atoms with E-state index in [0.29, 0.717) is 18.3 Å². The van der Waals surface area contributed by atoms with Gasteiger partial charge in [-0.15, -0.1) is 0 Å². The van der Waals surface area contributed by atoms with Crippen LogP contribution in [0.1, 0.15) is 38.2 Å². The molecule has 6 heteroatoms. The molecule has 1 aliphatic carbocycles. The molecule has 1 saturated heterocycles. The predicted octanol–water partition coefficient (Wildman–Crippen LogP) is 2.79. The third kappa shape index (κ3) is 4.61. The second kappa shape index (κ2) is 8.74. The fraction of sp³-hybridized carbons (Fsp3) is 0.619. The van der Waals surface area contributed by atoms with E-state index in [1.54, 1.807) is 0 Å². The molecule has 2 N–H and O–H groups in total. The molecule has 1 aromatic carbocycles. The van der Waals surface area contributed by atoms with Gasteiger partial charge >= 0.3 is 6.09 Å². The molecule has 27 heavy (non-hydrogen) atoms. The van der Waals surface area contributed by atoms with Gasteiger partial charge in [0.25, 0.3) is 0 Å². The lowest BCUT2D eigenvalue weighted by atomic mass is 9.97. The summed E-state index contributed by atoms with van der Waals surface area (Å²) in [6.45, 7) is 5.01. The number of likely N-dealkylation sites (tertiary alicyclic amines) is 1. The molecule has 148 valence electrons. The SMILES string of the molecule is CCC[C@@H](C(=O)N[C@H]1CC[C@H]2CN(Cc3ccccc3)C[C@H]21)N(C)C(=O)O. The molecular formula is C21H31N3O3. The third-order valence-electron chi connectivity index (χ3n) is 6.14. The Morgan fingerprint density at radius 3 is 2.67 bits per heavy atom. The number of carboxylic acid groups (broad SMARTS) is 1. The zero-order chi connectivity index (χ0) is 19.4. The van der Waals surface area contributed by atoms with Crippen LogP contribution in [0.2, 0.25) is 0 Å². The monoisotopic (exact) mass is 373 g/mol. The molecular weight excluding hydrogens is 342 g/mol. The highest BCUT2D eigenvalue weighted by atomic mass is 16.4. The van der Waals surface area contributed by atoms with Gasteiger partial charge in [0.05, 0.1) is 0 Å². The first-order valence-electron chi connectivity index (χ1n) is 10.0. The number of carbonyl (C=O) groups is 2. The van der Waals surface area contributed by atoms with E-state index in [1.165, 1.54) is 12.6 Å². The van der Waals surface area contributed by atoms with Gasteiger partial charge in [0, 0.05) is 32.7 Å². The Labute approximate surface area is 161 Å². The zero-order valence-electron chi connectivity index (χ0n) is 16.3. The average molecular weight is 373 g/mol. The minimum atomic E-state index is -1.05. The number of hydrogen-bond donors (Lipinski definition) is 2. The van der Waals surface area contributed by atoms with E-state index in [1.807, 2.05) is 13.0 Å². The van der Waals surface area contributed by atoms with Gasteiger partial charge in [0.1, 0.15) is 6.04 Å². The van der Waals surface area contributed by atoms with E-state index in [4.69, 9.17) is 0 Å². The van der Waals surface area contributed by atoms with Gasteiger partial charge in [-0.3, -0.25) is 14.6 Å². The maximum Gasteiger partial charge on any atom is 0.407 e. The first-order chi connectivity index (χ1) is 13.0. The molecule has 2 amide bonds. The van der Waals surface area contributed by atoms with Crippen LogP contribution in [-0.2, 0) is 11.3 Å². The Balaban J connectivity index is 1.58. The van der Waals surface area contributed by atoms with Crippen molar-refractivity contribution in [2.45, 2.75) is 51.2 Å². The summed E-state index contributed by atoms with van der Waals surface area (Å²) in [5, 5.41) is 12.4. The summed E-state index contributed by atoms with van der Waals surface area (Å²) >= 11 is 0. The molecule has 3 rings (SSSR count). The Morgan fingerprint density at radius 2 is 2.00 bits per heavy atom. The van der Waals surface area contributed by atoms with Crippen LogP contribution in [-0.4, -0.2) is 59.1 Å². The van der Waals surface area contributed by atoms with Crippen LogP contribution in [0.5, 0.6) is 0 Å². The van der Waals surface area contributed by atoms with Gasteiger partial charge in [-0.2, -0.15) is 0 Å². The van der Waals surface area contributed by atoms with Gasteiger partial charge in [0.2, 0.25) is 5.91 Å². The van der Waals surface area contributed by atoms with Crippen LogP contribution >= 0.6 is 0 Å². The first-order valence-corrected chi connectivity index (χ1v) is 10.0. The Bertz CT molecular complexity index is 651. The van der Waals surface area contributed by atoms with Crippen molar-refractivity contribution in [1.29, 1.82) is 0 Å². The lowest BCUT2D eigenvalue weighted by molar-refractivity contribution is -0.126. The van der Waals surface area contributed by atoms with Crippen LogP contribution in [0.15, 0.2) is 30.3 Å². The number of nitrogens with one attached hydrogen (secondary N) is 1. The van der Waals surface area contributed by atoms with E-state index >= 15 is 0 Å². The molecule has 1 aromatic rings. The van der Waals surface area contributed by atoms with E-state index in [9.17, 15) is 14.7 Å². The molecule has 1 heterocycles. The Morgan fingerprint density at radius 1 is 1.26 bits per heavy atom. The van der Waals surface area contributed by atoms with Crippen molar-refractivity contribution >= 4 is 12.0 Å². The standard InChI is InChI=1S/C21H31N3O3/c1-3-7-19(23(2)21(26)27)20(25)22-18-11-10-16-13-24(14-17(16)18)12-15-8-5-4-6-9-15/h4-6,8-9,16-19H,3,7,10-14H2,1-2H3,(H,22,25)(H,26,27)/t16-,17+,18-,19-/m0/s1. The van der Waals surface area contributed by atoms with E-state index < -0.39 is 12.1 Å². The molecule has 2 fully saturated rings. The van der Waals surface area contributed by atoms with E-state index in [2.05, 4.69) is 34.5 Å². The summed E-state index contributed by atoms with van der Waals surface area (Å²) < 4.78 is 0. The van der Waals surface area contributed by atoms with Gasteiger partial charge < -0.3 is 10.4 Å². The minimum absolute atomic E-state index is 0.145. The van der Waals surface area contributed by atoms with Gasteiger partial charge in [0.15, 0.2) is 0 Å². The van der Waals surface area contributed by atoms with Crippen molar-refractivity contribution in [1.82, 2.24) is 15.1 Å². The largest absolute Gasteiger partial charge is 0.465 e. The second-order valence-corrected chi connectivity index (χ2v) is 7.99. The normalized spacial score (nSPS) is 25.8. The highest BCUT2D eigenvalue weighted by Gasteiger charge is 2.43. The Hall–Kier alpha value is -2.08. The molecule has 0 radical (unpaired) electrons. The van der Waals surface area contributed by atoms with Crippen molar-refractivity contribution in [3.05, 3.63) is 35.9 Å². The highest BCUT2D eigenvalue weighted by molar-refractivity contribution is 5.85. The zero-order valence-corrected chi connectivity index (χ0v) is 16.3. The van der Waals surface area contributed by atoms with Crippen molar-refractivity contribution in [2.75, 3.05) is 20.1 Å². The number of rotatable bonds is 7. The summed E-state index contributed by atoms with van der Waals surface area (Å²) in [5.74, 6) is 0.949. The van der Waals surface area contributed by atoms with Gasteiger partial charge in [-0.05, 0) is 36.7 Å². The molecule has 1 aliphatic heterocycles. The summed E-state index contributed by atoms with van der Waals surface area (Å²) in [5.41, 5.74) is 1.32. The fourth-order valence-electron chi connectivity index (χ4n) is 4.69. The second-order valence-electron chi connectivity index (χ2n) is 7.99. The van der Waals surface area contributed by atoms with Crippen molar-refractivity contribution in [3.63, 3.8) is 0 Å². The van der Waals surface area contributed by atoms with Crippen molar-refractivity contribution in [3.8, 4) is 0 Å². The quantitative estimate of drug-likeness (QED) is 0.771. The third-order valence-corrected chi connectivity index (χ3v) is 6.14. The maximum absolute atomic E-state index is 12.8. The fourth-order valence-corrected chi connectivity index (χ4v) is 4.69. The molecule has 2 aliphatic rings. The van der Waals surface area contributed by atoms with Gasteiger partial charge in [-0.1, -0.05) is 43.7 Å². The average Bonchev–Trinajstić information content (AvgIpc) is 3.21. The number of amides is 2. The van der Waals surface area contributed by atoms with E-state index in [-0.39, 0.29) is 11.9 Å². The highest BCUT2D eigenvalue weighted by Crippen LogP contribution is 2.38. The molecule has 0 aromatic heterocycles. The summed E-state index contributed by atoms with van der Waals surface area (Å²) in [7, 11) is 1.48. The molecule has 0 bridgehead atoms. The molecule has 0 spiro atoms. The molecule has 4 atom stereocenters. The van der Waals surface area contributed by atoms with Crippen LogP contribution in [0.4, 0.5) is 4.79 Å². The molecule has 0 unspecified atom stereocenters. The van der Waals surface area contributed by atoms with Gasteiger partial charge in [-0.25, -0.2) is 4.79 Å². The maximum atomic E-state index is 12.8. The summed E-state index contributed by atoms with van der Waals surface area (Å²) in [6, 6.07) is 10.0. The number of carbonyl (C=O) groups excluding carboxylic acids is 1. The lowest BCUT2D eigenvalue weighted by Crippen LogP contribution is -2.51. The van der Waals surface area contributed by atoms with Crippen LogP contribution in [0.3, 0.4) is 0 Å².